The normalized spacial score (nSPS) is 8.89. The molecule has 0 aliphatic carbocycles. The fourth-order valence-corrected chi connectivity index (χ4v) is 0. The molecule has 0 fully saturated rings. The van der Waals surface area contributed by atoms with Crippen LogP contribution >= 0.6 is 0 Å². The molecule has 0 nitrogen and oxygen atoms in total. The van der Waals surface area contributed by atoms with Gasteiger partial charge in [0.25, 0.3) is 0 Å². The number of hydrogen-bond acceptors (Lipinski definition) is 0. The molecule has 0 aromatic carbocycles. The molecule has 0 spiro atoms. The molecular weight excluding hydrogens is 123 g/mol. The Balaban J connectivity index is -0.0000000787. The number of rotatable bonds is 0. The Morgan fingerprint density at radius 3 is 1.00 bits per heavy atom. The van der Waals surface area contributed by atoms with E-state index in [0.717, 1.165) is 0 Å². The van der Waals surface area contributed by atoms with E-state index < -0.39 is 0 Å². The molecule has 0 saturated heterocycles. The van der Waals surface area contributed by atoms with Crippen molar-refractivity contribution in [3.63, 3.8) is 0 Å². The molecule has 0 bridgehead atoms. The molecule has 0 aliphatic rings. The fourth-order valence-electron chi connectivity index (χ4n) is 0. The van der Waals surface area contributed by atoms with Gasteiger partial charge in [-0.2, -0.15) is 11.8 Å². The summed E-state index contributed by atoms with van der Waals surface area (Å²) in [4.78, 5) is 0. The van der Waals surface area contributed by atoms with E-state index in [4.69, 9.17) is 0.939 Å². The number of hydrogen-bond donors (Lipinski definition) is 0. The Labute approximate surface area is 72.0 Å². The van der Waals surface area contributed by atoms with Crippen LogP contribution in [-0.2, 0) is 0 Å². The quantitative estimate of drug-likeness (QED) is 0.360. The first-order valence-electron chi connectivity index (χ1n) is 3.70. The van der Waals surface area contributed by atoms with Crippen LogP contribution in [0.2, 0.25) is 0 Å². The van der Waals surface area contributed by atoms with E-state index in [1.54, 1.807) is 17.2 Å². The fraction of sp³-hybridized carbons (Fsp3) is 0.750. The van der Waals surface area contributed by atoms with Gasteiger partial charge in [-0.1, -0.05) is 27.7 Å². The summed E-state index contributed by atoms with van der Waals surface area (Å²) < 4.78 is 5.67. The van der Waals surface area contributed by atoms with Crippen molar-refractivity contribution in [1.29, 1.82) is 0.939 Å². The average molecular weight is 143 g/mol. The van der Waals surface area contributed by atoms with Gasteiger partial charge >= 0.3 is 18.2 Å². The molecule has 0 aromatic heterocycles. The summed E-state index contributed by atoms with van der Waals surface area (Å²) in [6.45, 7) is 15.5. The van der Waals surface area contributed by atoms with Crippen molar-refractivity contribution in [3.8, 4) is 0 Å². The van der Waals surface area contributed by atoms with Crippen LogP contribution in [0, 0.1) is 25.7 Å². The van der Waals surface area contributed by atoms with E-state index in [-0.39, 0.29) is 0 Å². The van der Waals surface area contributed by atoms with Gasteiger partial charge in [-0.15, -0.1) is 0 Å². The van der Waals surface area contributed by atoms with E-state index in [2.05, 4.69) is 41.5 Å². The molecule has 0 saturated carbocycles. The van der Waals surface area contributed by atoms with Crippen LogP contribution in [0.4, 0.5) is 0 Å². The van der Waals surface area contributed by atoms with E-state index in [1.165, 1.54) is 0 Å². The first-order valence-corrected chi connectivity index (χ1v) is 3.13. The minimum Gasteiger partial charge on any atom is -0.341 e. The summed E-state index contributed by atoms with van der Waals surface area (Å²) in [5.41, 5.74) is 0. The largest absolute Gasteiger partial charge is 0.341 e. The van der Waals surface area contributed by atoms with Gasteiger partial charge in [-0.05, 0) is 0 Å². The zero-order chi connectivity index (χ0) is 9.15. The van der Waals surface area contributed by atoms with Gasteiger partial charge in [-0.3, -0.25) is 0 Å². The SMILES string of the molecule is [2H][Al+2].[CH2-]C(C)C.[CH2-]C(C)C. The van der Waals surface area contributed by atoms with Crippen molar-refractivity contribution < 1.29 is 0 Å². The van der Waals surface area contributed by atoms with Crippen molar-refractivity contribution in [2.45, 2.75) is 27.7 Å². The Hall–Kier alpha value is 0.532. The maximum atomic E-state index is 5.67. The van der Waals surface area contributed by atoms with Gasteiger partial charge in [0.15, 0.2) is 0 Å². The van der Waals surface area contributed by atoms with Crippen LogP contribution in [0.5, 0.6) is 0 Å². The van der Waals surface area contributed by atoms with E-state index in [1.807, 2.05) is 0 Å². The molecule has 9 heavy (non-hydrogen) atoms. The predicted molar refractivity (Wildman–Crippen MR) is 47.5 cm³/mol. The molecule has 0 atom stereocenters. The molecule has 0 rings (SSSR count). The van der Waals surface area contributed by atoms with Gasteiger partial charge in [0.1, 0.15) is 0 Å². The van der Waals surface area contributed by atoms with Gasteiger partial charge in [0, 0.05) is 0 Å². The predicted octanol–water partition coefficient (Wildman–Crippen LogP) is 2.30. The third-order valence-corrected chi connectivity index (χ3v) is 0. The minimum absolute atomic E-state index is 0.583. The van der Waals surface area contributed by atoms with Crippen molar-refractivity contribution >= 4 is 17.2 Å². The summed E-state index contributed by atoms with van der Waals surface area (Å²) in [5.74, 6) is 1.17. The monoisotopic (exact) mass is 143 g/mol. The summed E-state index contributed by atoms with van der Waals surface area (Å²) in [7, 11) is 0. The second kappa shape index (κ2) is 11.3. The Kier molecular flexibility index (Phi) is 15.4. The van der Waals surface area contributed by atoms with Crippen LogP contribution in [0.25, 0.3) is 0 Å². The Morgan fingerprint density at radius 2 is 1.00 bits per heavy atom. The van der Waals surface area contributed by atoms with Gasteiger partial charge in [0.2, 0.25) is 0 Å². The third kappa shape index (κ3) is 1280. The van der Waals surface area contributed by atoms with E-state index in [9.17, 15) is 0 Å². The molecule has 1 heteroatoms. The molecule has 0 radical (unpaired) electrons. The van der Waals surface area contributed by atoms with Crippen LogP contribution in [0.1, 0.15) is 27.7 Å². The Morgan fingerprint density at radius 1 is 1.00 bits per heavy atom. The molecule has 0 N–H and O–H groups in total. The molecule has 0 amide bonds. The van der Waals surface area contributed by atoms with Gasteiger partial charge in [0.05, 0.1) is 0 Å². The molecule has 0 aliphatic heterocycles. The summed E-state index contributed by atoms with van der Waals surface area (Å²) in [6.07, 6.45) is 0. The summed E-state index contributed by atoms with van der Waals surface area (Å²) in [5, 5.41) is 0. The van der Waals surface area contributed by atoms with Crippen molar-refractivity contribution in [3.05, 3.63) is 13.8 Å². The standard InChI is InChI=1S/2C4H9.Al.H/c2*1-4(2)3;;/h2*4H,1H2,2-3H3;;/q2*-1;+2;/i;;;1+1. The maximum Gasteiger partial charge on any atom is -0.0903 e. The second-order valence-corrected chi connectivity index (χ2v) is 2.79. The van der Waals surface area contributed by atoms with Crippen molar-refractivity contribution in [2.24, 2.45) is 11.8 Å². The van der Waals surface area contributed by atoms with E-state index >= 15 is 0 Å². The average Bonchev–Trinajstić information content (AvgIpc) is 1.66. The van der Waals surface area contributed by atoms with Crippen LogP contribution in [-0.4, -0.2) is 18.2 Å². The molecular formula is C8H19Al. The zero-order valence-electron chi connectivity index (χ0n) is 8.15. The van der Waals surface area contributed by atoms with Gasteiger partial charge < -0.3 is 13.8 Å². The Bertz CT molecular complexity index is 24.7. The van der Waals surface area contributed by atoms with Crippen LogP contribution in [0.3, 0.4) is 0 Å². The smallest absolute Gasteiger partial charge is 0.0903 e. The summed E-state index contributed by atoms with van der Waals surface area (Å²) in [6, 6.07) is 0. The van der Waals surface area contributed by atoms with Crippen LogP contribution < -0.4 is 0 Å². The second-order valence-electron chi connectivity index (χ2n) is 2.79. The third-order valence-electron chi connectivity index (χ3n) is 0. The first-order chi connectivity index (χ1) is 4.46. The maximum absolute atomic E-state index is 5.67. The minimum atomic E-state index is 0.583. The molecule has 54 valence electrons. The zero-order valence-corrected chi connectivity index (χ0v) is 8.30. The van der Waals surface area contributed by atoms with Crippen LogP contribution in [0.15, 0.2) is 0 Å². The van der Waals surface area contributed by atoms with Crippen molar-refractivity contribution in [2.75, 3.05) is 0 Å². The molecule has 0 unspecified atom stereocenters. The van der Waals surface area contributed by atoms with E-state index in [0.29, 0.717) is 11.8 Å². The molecule has 0 aromatic rings. The topological polar surface area (TPSA) is 0 Å². The summed E-state index contributed by atoms with van der Waals surface area (Å²) >= 11 is 1.67. The van der Waals surface area contributed by atoms with Crippen molar-refractivity contribution in [1.82, 2.24) is 0 Å². The molecule has 0 heterocycles. The van der Waals surface area contributed by atoms with Gasteiger partial charge in [-0.25, -0.2) is 0 Å². The first kappa shape index (κ1) is 12.2.